The summed E-state index contributed by atoms with van der Waals surface area (Å²) in [6.07, 6.45) is 3.70. The van der Waals surface area contributed by atoms with Crippen molar-refractivity contribution in [3.63, 3.8) is 0 Å². The van der Waals surface area contributed by atoms with Crippen LogP contribution in [-0.2, 0) is 0 Å². The molecule has 0 bridgehead atoms. The monoisotopic (exact) mass is 958 g/mol. The summed E-state index contributed by atoms with van der Waals surface area (Å²) < 4.78 is 7.14. The molecule has 7 heteroatoms. The number of rotatable bonds is 10. The maximum atomic E-state index is 10.0. The van der Waals surface area contributed by atoms with E-state index in [9.17, 15) is 10.5 Å². The number of nitrogens with zero attached hydrogens (tertiary/aromatic N) is 6. The summed E-state index contributed by atoms with van der Waals surface area (Å²) in [5.41, 5.74) is 17.7. The average molecular weight is 959 g/mol. The lowest BCUT2D eigenvalue weighted by Gasteiger charge is -2.31. The predicted octanol–water partition coefficient (Wildman–Crippen LogP) is 18.0. The quantitative estimate of drug-likeness (QED) is 0.126. The van der Waals surface area contributed by atoms with E-state index in [0.717, 1.165) is 106 Å². The fourth-order valence-electron chi connectivity index (χ4n) is 10.6. The predicted molar refractivity (Wildman–Crippen MR) is 305 cm³/mol. The number of fused-ring (bicyclic) bond motifs is 8. The second-order valence-electron chi connectivity index (χ2n) is 18.3. The molecule has 0 fully saturated rings. The molecule has 350 valence electrons. The number of furan rings is 1. The topological polar surface area (TPSA) is 93.0 Å². The number of hydrogen-bond acceptors (Lipinski definition) is 7. The van der Waals surface area contributed by atoms with Crippen molar-refractivity contribution in [3.8, 4) is 56.6 Å². The molecule has 0 aliphatic rings. The van der Waals surface area contributed by atoms with Crippen LogP contribution < -0.4 is 9.80 Å². The first-order chi connectivity index (χ1) is 37.1. The van der Waals surface area contributed by atoms with E-state index in [-0.39, 0.29) is 0 Å². The van der Waals surface area contributed by atoms with Crippen LogP contribution in [0.2, 0.25) is 0 Å². The van der Waals surface area contributed by atoms with E-state index in [0.29, 0.717) is 27.8 Å². The van der Waals surface area contributed by atoms with Crippen molar-refractivity contribution >= 4 is 77.9 Å². The summed E-state index contributed by atoms with van der Waals surface area (Å²) >= 11 is 0. The number of pyridine rings is 2. The molecule has 0 spiro atoms. The van der Waals surface area contributed by atoms with Gasteiger partial charge in [-0.1, -0.05) is 164 Å². The molecule has 0 saturated heterocycles. The van der Waals surface area contributed by atoms with Crippen molar-refractivity contribution < 1.29 is 4.42 Å². The Balaban J connectivity index is 1.09. The Kier molecular flexibility index (Phi) is 11.2. The SMILES string of the molecule is N#Cc1ccc(N(c2ccc3c(c2)oc2c4ncccc4c4c(N(c5ccc(C#N)cc5)c5c(-c6ccccc6)cccc5-c5ccccc5)ccnc4c32)c2c(-c3ccccc3)cccc2-c2ccccc2)cc1. The summed E-state index contributed by atoms with van der Waals surface area (Å²) in [6.45, 7) is 0. The molecule has 0 saturated carbocycles. The first-order valence-corrected chi connectivity index (χ1v) is 24.7. The van der Waals surface area contributed by atoms with Crippen LogP contribution in [0.3, 0.4) is 0 Å². The summed E-state index contributed by atoms with van der Waals surface area (Å²) in [5, 5.41) is 23.4. The third-order valence-electron chi connectivity index (χ3n) is 14.0. The number of aromatic nitrogens is 2. The van der Waals surface area contributed by atoms with Crippen LogP contribution in [0.15, 0.2) is 259 Å². The van der Waals surface area contributed by atoms with Gasteiger partial charge < -0.3 is 14.2 Å². The van der Waals surface area contributed by atoms with Gasteiger partial charge in [0.25, 0.3) is 0 Å². The Labute approximate surface area is 433 Å². The van der Waals surface area contributed by atoms with E-state index in [1.54, 1.807) is 0 Å². The minimum Gasteiger partial charge on any atom is -0.454 e. The van der Waals surface area contributed by atoms with Crippen LogP contribution in [0.25, 0.3) is 88.3 Å². The van der Waals surface area contributed by atoms with Gasteiger partial charge >= 0.3 is 0 Å². The second kappa shape index (κ2) is 18.9. The largest absolute Gasteiger partial charge is 0.454 e. The van der Waals surface area contributed by atoms with Gasteiger partial charge in [-0.05, 0) is 95.1 Å². The Morgan fingerprint density at radius 3 is 1.31 bits per heavy atom. The number of anilines is 6. The van der Waals surface area contributed by atoms with E-state index in [1.165, 1.54) is 0 Å². The molecule has 0 atom stereocenters. The fraction of sp³-hybridized carbons (Fsp3) is 0. The highest BCUT2D eigenvalue weighted by Crippen LogP contribution is 2.52. The van der Waals surface area contributed by atoms with Gasteiger partial charge in [0.05, 0.1) is 51.2 Å². The molecule has 75 heavy (non-hydrogen) atoms. The highest BCUT2D eigenvalue weighted by atomic mass is 16.3. The van der Waals surface area contributed by atoms with Crippen molar-refractivity contribution in [2.45, 2.75) is 0 Å². The molecule has 3 heterocycles. The van der Waals surface area contributed by atoms with Crippen molar-refractivity contribution in [2.24, 2.45) is 0 Å². The number of benzene rings is 10. The van der Waals surface area contributed by atoms with Gasteiger partial charge in [0.1, 0.15) is 11.1 Å². The van der Waals surface area contributed by atoms with E-state index >= 15 is 0 Å². The highest BCUT2D eigenvalue weighted by Gasteiger charge is 2.28. The van der Waals surface area contributed by atoms with Gasteiger partial charge in [-0.15, -0.1) is 0 Å². The molecular weight excluding hydrogens is 917 g/mol. The fourth-order valence-corrected chi connectivity index (χ4v) is 10.6. The van der Waals surface area contributed by atoms with E-state index in [1.807, 2.05) is 91.3 Å². The molecule has 0 radical (unpaired) electrons. The van der Waals surface area contributed by atoms with Crippen LogP contribution in [0, 0.1) is 22.7 Å². The van der Waals surface area contributed by atoms with Gasteiger partial charge in [-0.2, -0.15) is 10.5 Å². The molecule has 13 aromatic rings. The zero-order valence-electron chi connectivity index (χ0n) is 40.3. The van der Waals surface area contributed by atoms with Crippen LogP contribution in [0.1, 0.15) is 11.1 Å². The molecule has 0 aliphatic heterocycles. The normalized spacial score (nSPS) is 11.2. The minimum absolute atomic E-state index is 0.566. The Bertz CT molecular complexity index is 4240. The number of para-hydroxylation sites is 2. The molecule has 3 aromatic heterocycles. The van der Waals surface area contributed by atoms with Crippen molar-refractivity contribution in [1.29, 1.82) is 10.5 Å². The first-order valence-electron chi connectivity index (χ1n) is 24.7. The third kappa shape index (κ3) is 7.77. The first kappa shape index (κ1) is 44.3. The zero-order chi connectivity index (χ0) is 50.2. The lowest BCUT2D eigenvalue weighted by molar-refractivity contribution is 0.672. The summed E-state index contributed by atoms with van der Waals surface area (Å²) in [4.78, 5) is 15.0. The summed E-state index contributed by atoms with van der Waals surface area (Å²) in [5.74, 6) is 0. The molecule has 0 N–H and O–H groups in total. The maximum Gasteiger partial charge on any atom is 0.163 e. The highest BCUT2D eigenvalue weighted by molar-refractivity contribution is 6.31. The molecule has 13 rings (SSSR count). The smallest absolute Gasteiger partial charge is 0.163 e. The average Bonchev–Trinajstić information content (AvgIpc) is 3.95. The van der Waals surface area contributed by atoms with Crippen LogP contribution in [-0.4, -0.2) is 9.97 Å². The molecule has 0 amide bonds. The van der Waals surface area contributed by atoms with Crippen LogP contribution in [0.4, 0.5) is 34.1 Å². The van der Waals surface area contributed by atoms with Crippen LogP contribution in [0.5, 0.6) is 0 Å². The molecule has 7 nitrogen and oxygen atoms in total. The number of hydrogen-bond donors (Lipinski definition) is 0. The van der Waals surface area contributed by atoms with Crippen molar-refractivity contribution in [3.05, 3.63) is 266 Å². The van der Waals surface area contributed by atoms with E-state index in [2.05, 4.69) is 186 Å². The van der Waals surface area contributed by atoms with E-state index in [4.69, 9.17) is 14.4 Å². The van der Waals surface area contributed by atoms with Crippen molar-refractivity contribution in [1.82, 2.24) is 9.97 Å². The summed E-state index contributed by atoms with van der Waals surface area (Å²) in [6, 6.07) is 87.5. The third-order valence-corrected chi connectivity index (χ3v) is 14.0. The lowest BCUT2D eigenvalue weighted by Crippen LogP contribution is -2.13. The zero-order valence-corrected chi connectivity index (χ0v) is 40.3. The van der Waals surface area contributed by atoms with E-state index < -0.39 is 0 Å². The minimum atomic E-state index is 0.566. The summed E-state index contributed by atoms with van der Waals surface area (Å²) in [7, 11) is 0. The molecule has 0 unspecified atom stereocenters. The lowest BCUT2D eigenvalue weighted by atomic mass is 9.93. The molecule has 10 aromatic carbocycles. The Hall–Kier alpha value is -10.6. The van der Waals surface area contributed by atoms with Crippen molar-refractivity contribution in [2.75, 3.05) is 9.80 Å². The Morgan fingerprint density at radius 1 is 0.360 bits per heavy atom. The maximum absolute atomic E-state index is 10.0. The van der Waals surface area contributed by atoms with Gasteiger partial charge in [0.15, 0.2) is 5.58 Å². The second-order valence-corrected chi connectivity index (χ2v) is 18.3. The van der Waals surface area contributed by atoms with Gasteiger partial charge in [0, 0.05) is 73.9 Å². The van der Waals surface area contributed by atoms with Gasteiger partial charge in [-0.3, -0.25) is 9.97 Å². The standard InChI is InChI=1S/C68H42N6O/c69-43-45-29-33-51(34-30-45)73(66-54(47-16-5-1-6-17-47)24-13-25-55(66)48-18-7-2-8-19-48)53-37-38-58-61(42-53)75-68-63(58)65-62(59-28-15-40-71-64(59)68)60(39-41-72-65)74(52-35-31-46(44-70)32-36-52)67-56(49-20-9-3-10-21-49)26-14-27-57(67)50-22-11-4-12-23-50/h1-42H. The van der Waals surface area contributed by atoms with Gasteiger partial charge in [-0.25, -0.2) is 0 Å². The Morgan fingerprint density at radius 2 is 0.813 bits per heavy atom. The molecular formula is C68H42N6O. The number of nitriles is 2. The van der Waals surface area contributed by atoms with Crippen LogP contribution >= 0.6 is 0 Å². The van der Waals surface area contributed by atoms with Gasteiger partial charge in [0.2, 0.25) is 0 Å². The molecule has 0 aliphatic carbocycles.